The van der Waals surface area contributed by atoms with E-state index in [1.54, 1.807) is 6.07 Å². The number of carbonyl (C=O) groups is 1. The SMILES string of the molecule is Cc1ccc(C)c(S(=O)(=O)N2CCN(C(=O)C[NH+]3CCCC[C@H]3C)CC2)c1. The van der Waals surface area contributed by atoms with E-state index in [1.807, 2.05) is 30.9 Å². The minimum Gasteiger partial charge on any atom is -0.335 e. The van der Waals surface area contributed by atoms with Crippen LogP contribution in [0, 0.1) is 13.8 Å². The smallest absolute Gasteiger partial charge is 0.277 e. The molecule has 2 fully saturated rings. The minimum atomic E-state index is -3.51. The van der Waals surface area contributed by atoms with E-state index in [-0.39, 0.29) is 5.91 Å². The van der Waals surface area contributed by atoms with Gasteiger partial charge in [-0.25, -0.2) is 8.42 Å². The molecule has 1 aromatic rings. The van der Waals surface area contributed by atoms with Gasteiger partial charge in [-0.3, -0.25) is 4.79 Å². The third-order valence-corrected chi connectivity index (χ3v) is 8.05. The van der Waals surface area contributed by atoms with Crippen LogP contribution in [0.25, 0.3) is 0 Å². The van der Waals surface area contributed by atoms with Crippen molar-refractivity contribution in [1.29, 1.82) is 0 Å². The molecule has 1 unspecified atom stereocenters. The molecule has 1 aromatic carbocycles. The van der Waals surface area contributed by atoms with E-state index < -0.39 is 10.0 Å². The zero-order chi connectivity index (χ0) is 19.6. The van der Waals surface area contributed by atoms with Gasteiger partial charge in [0.15, 0.2) is 6.54 Å². The molecule has 150 valence electrons. The summed E-state index contributed by atoms with van der Waals surface area (Å²) in [6.45, 7) is 9.23. The highest BCUT2D eigenvalue weighted by molar-refractivity contribution is 7.89. The average molecular weight is 395 g/mol. The number of carbonyl (C=O) groups excluding carboxylic acids is 1. The molecule has 2 atom stereocenters. The van der Waals surface area contributed by atoms with Crippen molar-refractivity contribution in [3.05, 3.63) is 29.3 Å². The summed E-state index contributed by atoms with van der Waals surface area (Å²) in [5, 5.41) is 0. The maximum atomic E-state index is 13.0. The summed E-state index contributed by atoms with van der Waals surface area (Å²) in [4.78, 5) is 16.3. The Morgan fingerprint density at radius 3 is 2.52 bits per heavy atom. The van der Waals surface area contributed by atoms with E-state index in [2.05, 4.69) is 6.92 Å². The number of nitrogens with zero attached hydrogens (tertiary/aromatic N) is 2. The van der Waals surface area contributed by atoms with Crippen LogP contribution in [-0.4, -0.2) is 68.8 Å². The Bertz CT molecular complexity index is 786. The van der Waals surface area contributed by atoms with Gasteiger partial charge in [0.25, 0.3) is 5.91 Å². The normalized spacial score (nSPS) is 24.8. The fourth-order valence-corrected chi connectivity index (χ4v) is 5.86. The highest BCUT2D eigenvalue weighted by atomic mass is 32.2. The summed E-state index contributed by atoms with van der Waals surface area (Å²) < 4.78 is 27.6. The van der Waals surface area contributed by atoms with Crippen LogP contribution in [0.15, 0.2) is 23.1 Å². The van der Waals surface area contributed by atoms with E-state index >= 15 is 0 Å². The summed E-state index contributed by atoms with van der Waals surface area (Å²) >= 11 is 0. The lowest BCUT2D eigenvalue weighted by atomic mass is 10.0. The van der Waals surface area contributed by atoms with E-state index in [1.165, 1.54) is 28.5 Å². The molecule has 0 bridgehead atoms. The van der Waals surface area contributed by atoms with E-state index in [9.17, 15) is 13.2 Å². The van der Waals surface area contributed by atoms with Crippen molar-refractivity contribution in [2.45, 2.75) is 51.0 Å². The lowest BCUT2D eigenvalue weighted by Crippen LogP contribution is -3.17. The molecule has 6 nitrogen and oxygen atoms in total. The van der Waals surface area contributed by atoms with Gasteiger partial charge in [-0.05, 0) is 57.2 Å². The summed E-state index contributed by atoms with van der Waals surface area (Å²) in [5.41, 5.74) is 1.70. The minimum absolute atomic E-state index is 0.155. The van der Waals surface area contributed by atoms with Crippen molar-refractivity contribution in [2.24, 2.45) is 0 Å². The van der Waals surface area contributed by atoms with Crippen LogP contribution in [0.2, 0.25) is 0 Å². The molecular weight excluding hydrogens is 362 g/mol. The number of sulfonamides is 1. The number of piperidine rings is 1. The zero-order valence-electron chi connectivity index (χ0n) is 16.7. The van der Waals surface area contributed by atoms with Crippen molar-refractivity contribution in [3.8, 4) is 0 Å². The molecule has 0 spiro atoms. The van der Waals surface area contributed by atoms with Gasteiger partial charge < -0.3 is 9.80 Å². The first kappa shape index (κ1) is 20.3. The molecule has 0 radical (unpaired) electrons. The van der Waals surface area contributed by atoms with Crippen molar-refractivity contribution in [1.82, 2.24) is 9.21 Å². The molecule has 2 aliphatic rings. The third kappa shape index (κ3) is 4.52. The number of quaternary nitrogens is 1. The molecule has 2 aliphatic heterocycles. The van der Waals surface area contributed by atoms with Gasteiger partial charge in [0, 0.05) is 26.2 Å². The number of rotatable bonds is 4. The molecule has 3 rings (SSSR count). The van der Waals surface area contributed by atoms with Gasteiger partial charge in [0.2, 0.25) is 10.0 Å². The second kappa shape index (κ2) is 8.29. The van der Waals surface area contributed by atoms with E-state index in [4.69, 9.17) is 0 Å². The Kier molecular flexibility index (Phi) is 6.23. The first-order valence-corrected chi connectivity index (χ1v) is 11.4. The molecule has 27 heavy (non-hydrogen) atoms. The maximum absolute atomic E-state index is 13.0. The molecule has 1 N–H and O–H groups in total. The number of aryl methyl sites for hydroxylation is 2. The quantitative estimate of drug-likeness (QED) is 0.813. The van der Waals surface area contributed by atoms with E-state index in [0.29, 0.717) is 43.7 Å². The topological polar surface area (TPSA) is 62.1 Å². The summed E-state index contributed by atoms with van der Waals surface area (Å²) in [5.74, 6) is 0.155. The number of piperazine rings is 1. The van der Waals surface area contributed by atoms with Crippen LogP contribution in [0.3, 0.4) is 0 Å². The largest absolute Gasteiger partial charge is 0.335 e. The Morgan fingerprint density at radius 2 is 1.85 bits per heavy atom. The molecule has 2 saturated heterocycles. The van der Waals surface area contributed by atoms with Crippen molar-refractivity contribution in [3.63, 3.8) is 0 Å². The number of amides is 1. The van der Waals surface area contributed by atoms with Crippen molar-refractivity contribution in [2.75, 3.05) is 39.3 Å². The Morgan fingerprint density at radius 1 is 1.15 bits per heavy atom. The first-order chi connectivity index (χ1) is 12.8. The molecular formula is C20H32N3O3S+. The van der Waals surface area contributed by atoms with Gasteiger partial charge >= 0.3 is 0 Å². The van der Waals surface area contributed by atoms with Gasteiger partial charge in [0.05, 0.1) is 17.5 Å². The lowest BCUT2D eigenvalue weighted by molar-refractivity contribution is -0.921. The molecule has 0 saturated carbocycles. The van der Waals surface area contributed by atoms with Gasteiger partial charge in [-0.1, -0.05) is 12.1 Å². The number of nitrogens with one attached hydrogen (secondary N) is 1. The van der Waals surface area contributed by atoms with Crippen LogP contribution in [0.4, 0.5) is 0 Å². The van der Waals surface area contributed by atoms with Crippen molar-refractivity contribution >= 4 is 15.9 Å². The fourth-order valence-electron chi connectivity index (χ4n) is 4.12. The first-order valence-electron chi connectivity index (χ1n) is 9.99. The predicted molar refractivity (Wildman–Crippen MR) is 105 cm³/mol. The van der Waals surface area contributed by atoms with Crippen molar-refractivity contribution < 1.29 is 18.1 Å². The average Bonchev–Trinajstić information content (AvgIpc) is 2.65. The summed E-state index contributed by atoms with van der Waals surface area (Å²) in [6, 6.07) is 6.05. The van der Waals surface area contributed by atoms with Gasteiger partial charge in [0.1, 0.15) is 0 Å². The van der Waals surface area contributed by atoms with Gasteiger partial charge in [-0.15, -0.1) is 0 Å². The second-order valence-electron chi connectivity index (χ2n) is 8.04. The van der Waals surface area contributed by atoms with Crippen LogP contribution < -0.4 is 4.90 Å². The molecule has 0 aliphatic carbocycles. The summed E-state index contributed by atoms with van der Waals surface area (Å²) in [6.07, 6.45) is 3.63. The number of hydrogen-bond acceptors (Lipinski definition) is 3. The Labute approximate surface area is 163 Å². The van der Waals surface area contributed by atoms with Crippen LogP contribution in [0.1, 0.15) is 37.3 Å². The second-order valence-corrected chi connectivity index (χ2v) is 9.94. The highest BCUT2D eigenvalue weighted by Crippen LogP contribution is 2.22. The van der Waals surface area contributed by atoms with Crippen LogP contribution in [-0.2, 0) is 14.8 Å². The number of likely N-dealkylation sites (tertiary alicyclic amines) is 1. The summed E-state index contributed by atoms with van der Waals surface area (Å²) in [7, 11) is -3.51. The highest BCUT2D eigenvalue weighted by Gasteiger charge is 2.33. The standard InChI is InChI=1S/C20H31N3O3S/c1-16-7-8-17(2)19(14-16)27(25,26)23-12-10-21(11-13-23)20(24)15-22-9-5-4-6-18(22)3/h7-8,14,18H,4-6,9-13,15H2,1-3H3/p+1/t18-/m1/s1. The molecule has 7 heteroatoms. The lowest BCUT2D eigenvalue weighted by Gasteiger charge is -2.36. The predicted octanol–water partition coefficient (Wildman–Crippen LogP) is 0.594. The number of hydrogen-bond donors (Lipinski definition) is 1. The monoisotopic (exact) mass is 394 g/mol. The Hall–Kier alpha value is -1.44. The molecule has 1 amide bonds. The molecule has 0 aromatic heterocycles. The third-order valence-electron chi connectivity index (χ3n) is 6.01. The molecule has 2 heterocycles. The Balaban J connectivity index is 1.61. The zero-order valence-corrected chi connectivity index (χ0v) is 17.5. The number of benzene rings is 1. The maximum Gasteiger partial charge on any atom is 0.277 e. The van der Waals surface area contributed by atoms with Gasteiger partial charge in [-0.2, -0.15) is 4.31 Å². The van der Waals surface area contributed by atoms with Crippen LogP contribution in [0.5, 0.6) is 0 Å². The van der Waals surface area contributed by atoms with E-state index in [0.717, 1.165) is 17.7 Å². The fraction of sp³-hybridized carbons (Fsp3) is 0.650. The van der Waals surface area contributed by atoms with Crippen LogP contribution >= 0.6 is 0 Å².